The number of aliphatic carboxylic acids is 1. The zero-order valence-corrected chi connectivity index (χ0v) is 25.3. The fourth-order valence-electron chi connectivity index (χ4n) is 5.07. The number of nitrogens with zero attached hydrogens (tertiary/aromatic N) is 2. The lowest BCUT2D eigenvalue weighted by Crippen LogP contribution is -2.41. The number of pyridine rings is 1. The van der Waals surface area contributed by atoms with Crippen LogP contribution in [0.15, 0.2) is 41.4 Å². The molecule has 4 N–H and O–H groups in total. The molecule has 1 aliphatic heterocycles. The highest BCUT2D eigenvalue weighted by atomic mass is 32.2. The van der Waals surface area contributed by atoms with E-state index in [-0.39, 0.29) is 0 Å². The summed E-state index contributed by atoms with van der Waals surface area (Å²) in [7, 11) is -1.47. The second kappa shape index (κ2) is 10.9. The first kappa shape index (κ1) is 29.0. The molecule has 210 valence electrons. The van der Waals surface area contributed by atoms with E-state index in [0.717, 1.165) is 38.7 Å². The number of carboxylic acids is 1. The average Bonchev–Trinajstić information content (AvgIpc) is 3.17. The molecule has 1 aliphatic rings. The van der Waals surface area contributed by atoms with Gasteiger partial charge in [-0.05, 0) is 89.4 Å². The van der Waals surface area contributed by atoms with E-state index in [9.17, 15) is 14.1 Å². The van der Waals surface area contributed by atoms with Gasteiger partial charge in [0.15, 0.2) is 0 Å². The molecule has 39 heavy (non-hydrogen) atoms. The molecule has 0 amide bonds. The molecular weight excluding hydrogens is 532 g/mol. The van der Waals surface area contributed by atoms with Gasteiger partial charge in [-0.1, -0.05) is 6.07 Å². The van der Waals surface area contributed by atoms with Crippen LogP contribution < -0.4 is 15.8 Å². The molecule has 3 aromatic rings. The zero-order chi connectivity index (χ0) is 28.7. The number of anilines is 2. The Hall–Kier alpha value is -2.95. The normalized spacial score (nSPS) is 18.1. The van der Waals surface area contributed by atoms with E-state index >= 15 is 0 Å². The van der Waals surface area contributed by atoms with Crippen molar-refractivity contribution in [1.82, 2.24) is 9.29 Å². The van der Waals surface area contributed by atoms with E-state index in [1.54, 1.807) is 43.5 Å². The largest absolute Gasteiger partial charge is 0.481 e. The molecule has 4 rings (SSSR count). The van der Waals surface area contributed by atoms with E-state index in [1.165, 1.54) is 0 Å². The van der Waals surface area contributed by atoms with Crippen LogP contribution in [0, 0.1) is 19.3 Å². The number of ether oxygens (including phenoxy) is 1. The van der Waals surface area contributed by atoms with Gasteiger partial charge in [0.05, 0.1) is 23.3 Å². The molecule has 2 atom stereocenters. The smallest absolute Gasteiger partial charge is 0.310 e. The van der Waals surface area contributed by atoms with E-state index in [1.807, 2.05) is 51.1 Å². The highest BCUT2D eigenvalue weighted by Gasteiger charge is 2.41. The molecule has 10 heteroatoms. The number of nitrogen functional groups attached to an aromatic ring is 1. The highest BCUT2D eigenvalue weighted by Crippen LogP contribution is 2.47. The van der Waals surface area contributed by atoms with E-state index in [2.05, 4.69) is 16.4 Å². The van der Waals surface area contributed by atoms with Crippen molar-refractivity contribution in [3.8, 4) is 5.88 Å². The number of hydrogen-bond acceptors (Lipinski definition) is 7. The Balaban J connectivity index is 1.76. The number of aryl methyl sites for hydroxylation is 1. The summed E-state index contributed by atoms with van der Waals surface area (Å²) in [6.07, 6.45) is 1.64. The maximum atomic E-state index is 13.6. The molecular formula is C29H38N4O4S2. The Morgan fingerprint density at radius 1 is 1.33 bits per heavy atom. The molecule has 0 aliphatic carbocycles. The van der Waals surface area contributed by atoms with Crippen molar-refractivity contribution in [2.45, 2.75) is 71.4 Å². The first-order valence-electron chi connectivity index (χ1n) is 13.0. The molecule has 2 aromatic heterocycles. The fourth-order valence-corrected chi connectivity index (χ4v) is 7.82. The van der Waals surface area contributed by atoms with Crippen molar-refractivity contribution in [3.05, 3.63) is 63.0 Å². The summed E-state index contributed by atoms with van der Waals surface area (Å²) in [5, 5.41) is 13.6. The zero-order valence-electron chi connectivity index (χ0n) is 23.6. The number of aromatic nitrogens is 1. The summed E-state index contributed by atoms with van der Waals surface area (Å²) in [4.78, 5) is 19.4. The first-order chi connectivity index (χ1) is 18.3. The summed E-state index contributed by atoms with van der Waals surface area (Å²) in [6.45, 7) is 15.0. The molecule has 3 heterocycles. The number of carboxylic acid groups (broad SMARTS) is 1. The summed E-state index contributed by atoms with van der Waals surface area (Å²) in [6, 6.07) is 9.54. The first-order valence-corrected chi connectivity index (χ1v) is 15.0. The van der Waals surface area contributed by atoms with E-state index in [4.69, 9.17) is 10.5 Å². The molecule has 8 nitrogen and oxygen atoms in total. The predicted octanol–water partition coefficient (Wildman–Crippen LogP) is 5.71. The van der Waals surface area contributed by atoms with Crippen molar-refractivity contribution in [2.75, 3.05) is 24.1 Å². The third kappa shape index (κ3) is 5.69. The number of carbonyl (C=O) groups is 1. The van der Waals surface area contributed by atoms with Crippen molar-refractivity contribution in [2.24, 2.45) is 5.41 Å². The van der Waals surface area contributed by atoms with Crippen LogP contribution in [-0.4, -0.2) is 43.3 Å². The Kier molecular flexibility index (Phi) is 8.12. The molecule has 0 saturated carbocycles. The monoisotopic (exact) mass is 570 g/mol. The van der Waals surface area contributed by atoms with Crippen LogP contribution in [0.1, 0.15) is 67.0 Å². The fraction of sp³-hybridized carbons (Fsp3) is 0.448. The lowest BCUT2D eigenvalue weighted by Gasteiger charge is -2.32. The number of rotatable bonds is 8. The minimum absolute atomic E-state index is 0.392. The van der Waals surface area contributed by atoms with Crippen LogP contribution in [0.4, 0.5) is 11.4 Å². The third-order valence-electron chi connectivity index (χ3n) is 7.27. The van der Waals surface area contributed by atoms with E-state index < -0.39 is 33.9 Å². The maximum absolute atomic E-state index is 13.6. The molecule has 0 fully saturated rings. The van der Waals surface area contributed by atoms with Gasteiger partial charge in [-0.3, -0.25) is 4.79 Å². The molecule has 2 unspecified atom stereocenters. The van der Waals surface area contributed by atoms with Crippen LogP contribution in [0.5, 0.6) is 5.88 Å². The summed E-state index contributed by atoms with van der Waals surface area (Å²) < 4.78 is 21.7. The summed E-state index contributed by atoms with van der Waals surface area (Å²) >= 11 is 1.58. The molecule has 0 radical (unpaired) electrons. The molecule has 0 spiro atoms. The minimum atomic E-state index is -1.47. The van der Waals surface area contributed by atoms with Gasteiger partial charge >= 0.3 is 5.97 Å². The highest BCUT2D eigenvalue weighted by molar-refractivity contribution is 7.82. The Labute approximate surface area is 237 Å². The van der Waals surface area contributed by atoms with Crippen molar-refractivity contribution in [1.29, 1.82) is 0 Å². The average molecular weight is 571 g/mol. The number of nitrogens with two attached hydrogens (primary N) is 1. The summed E-state index contributed by atoms with van der Waals surface area (Å²) in [5.41, 5.74) is 9.04. The van der Waals surface area contributed by atoms with Crippen molar-refractivity contribution in [3.63, 3.8) is 0 Å². The van der Waals surface area contributed by atoms with Crippen LogP contribution >= 0.6 is 11.3 Å². The van der Waals surface area contributed by atoms with Crippen LogP contribution in [0.25, 0.3) is 0 Å². The second-order valence-corrected chi connectivity index (χ2v) is 13.9. The number of benzene rings is 1. The molecule has 1 aromatic carbocycles. The number of fused-ring (bicyclic) bond motifs is 1. The maximum Gasteiger partial charge on any atom is 0.310 e. The number of hydrogen-bond donors (Lipinski definition) is 3. The van der Waals surface area contributed by atoms with Crippen LogP contribution in [0.2, 0.25) is 0 Å². The third-order valence-corrected chi connectivity index (χ3v) is 9.84. The van der Waals surface area contributed by atoms with Gasteiger partial charge in [-0.15, -0.1) is 11.3 Å². The van der Waals surface area contributed by atoms with Gasteiger partial charge in [-0.25, -0.2) is 13.5 Å². The van der Waals surface area contributed by atoms with Gasteiger partial charge in [0.2, 0.25) is 5.88 Å². The van der Waals surface area contributed by atoms with E-state index in [0.29, 0.717) is 29.6 Å². The van der Waals surface area contributed by atoms with Crippen molar-refractivity contribution < 1.29 is 18.8 Å². The Morgan fingerprint density at radius 2 is 2.05 bits per heavy atom. The lowest BCUT2D eigenvalue weighted by atomic mass is 9.72. The lowest BCUT2D eigenvalue weighted by molar-refractivity contribution is -0.147. The van der Waals surface area contributed by atoms with Crippen molar-refractivity contribution >= 4 is 39.7 Å². The molecule has 0 bridgehead atoms. The van der Waals surface area contributed by atoms with Gasteiger partial charge in [0, 0.05) is 35.0 Å². The Bertz CT molecular complexity index is 1420. The Morgan fingerprint density at radius 3 is 2.72 bits per heavy atom. The quantitative estimate of drug-likeness (QED) is 0.297. The standard InChI is InChI=1S/C29H38N4O4S2/c1-8-31-21-12-11-20(17(2)25(21)30)24(29(6,7)27(34)35)22-14-19(18(3)38-22)15-33-16-28(4,5)37-26-23(39(33)36)10-9-13-32-26/h9-14,24,31H,8,15-16,30H2,1-7H3,(H,34,35). The van der Waals surface area contributed by atoms with Crippen LogP contribution in [0.3, 0.4) is 0 Å². The topological polar surface area (TPSA) is 118 Å². The van der Waals surface area contributed by atoms with Gasteiger partial charge in [0.1, 0.15) is 21.5 Å². The number of nitrogens with one attached hydrogen (secondary N) is 1. The predicted molar refractivity (Wildman–Crippen MR) is 158 cm³/mol. The van der Waals surface area contributed by atoms with Gasteiger partial charge < -0.3 is 20.9 Å². The molecule has 0 saturated heterocycles. The summed E-state index contributed by atoms with van der Waals surface area (Å²) in [5.74, 6) is -0.918. The SMILES string of the molecule is CCNc1ccc(C(c2cc(CN3CC(C)(C)Oc4ncccc4S3=O)c(C)s2)C(C)(C)C(=O)O)c(C)c1N. The minimum Gasteiger partial charge on any atom is -0.481 e. The van der Waals surface area contributed by atoms with Gasteiger partial charge in [0.25, 0.3) is 0 Å². The van der Waals surface area contributed by atoms with Gasteiger partial charge in [-0.2, -0.15) is 0 Å². The second-order valence-electron chi connectivity index (χ2n) is 11.2. The van der Waals surface area contributed by atoms with Crippen LogP contribution in [-0.2, 0) is 22.3 Å². The number of thiophene rings is 1.